The summed E-state index contributed by atoms with van der Waals surface area (Å²) in [7, 11) is 0. The van der Waals surface area contributed by atoms with Crippen LogP contribution < -0.4 is 4.74 Å². The molecule has 78 valence electrons. The summed E-state index contributed by atoms with van der Waals surface area (Å²) < 4.78 is 5.66. The molecule has 0 saturated heterocycles. The molecule has 0 N–H and O–H groups in total. The first-order valence-corrected chi connectivity index (χ1v) is 5.75. The molecule has 2 rings (SSSR count). The highest BCUT2D eigenvalue weighted by Gasteiger charge is 2.19. The molecule has 14 heavy (non-hydrogen) atoms. The van der Waals surface area contributed by atoms with Gasteiger partial charge in [0.05, 0.1) is 5.34 Å². The minimum atomic E-state index is 0.194. The van der Waals surface area contributed by atoms with Gasteiger partial charge in [-0.25, -0.2) is 0 Å². The van der Waals surface area contributed by atoms with E-state index in [1.54, 1.807) is 0 Å². The molecule has 0 radical (unpaired) electrons. The number of fused-ring (bicyclic) bond motifs is 1. The molecule has 1 aliphatic heterocycles. The highest BCUT2D eigenvalue weighted by molar-refractivity contribution is 6.40. The van der Waals surface area contributed by atoms with Crippen LogP contribution in [-0.4, -0.2) is 11.4 Å². The summed E-state index contributed by atoms with van der Waals surface area (Å²) in [6, 6.07) is 8.28. The van der Waals surface area contributed by atoms with Crippen molar-refractivity contribution in [2.45, 2.75) is 25.9 Å². The molecule has 1 aliphatic rings. The van der Waals surface area contributed by atoms with Gasteiger partial charge in [0, 0.05) is 6.42 Å². The van der Waals surface area contributed by atoms with Crippen LogP contribution in [0.1, 0.15) is 18.9 Å². The molecular weight excluding hydrogens is 219 g/mol. The monoisotopic (exact) mass is 232 g/mol. The number of hydrogen-bond acceptors (Lipinski definition) is 1. The minimum Gasteiger partial charge on any atom is -0.490 e. The topological polar surface area (TPSA) is 9.23 Å². The Bertz CT molecular complexity index is 251. The second kappa shape index (κ2) is 6.15. The predicted octanol–water partition coefficient (Wildman–Crippen LogP) is 3.82. The Labute approximate surface area is 95.0 Å². The summed E-state index contributed by atoms with van der Waals surface area (Å²) in [5.74, 6) is 1.08. The van der Waals surface area contributed by atoms with Gasteiger partial charge in [0.2, 0.25) is 0 Å². The molecule has 1 unspecified atom stereocenters. The molecule has 1 heterocycles. The highest BCUT2D eigenvalue weighted by atomic mass is 35.5. The van der Waals surface area contributed by atoms with Crippen molar-refractivity contribution < 1.29 is 4.74 Å². The first kappa shape index (κ1) is 11.7. The zero-order chi connectivity index (χ0) is 10.4. The third-order valence-corrected chi connectivity index (χ3v) is 2.17. The number of benzene rings is 1. The Morgan fingerprint density at radius 3 is 2.57 bits per heavy atom. The van der Waals surface area contributed by atoms with Gasteiger partial charge in [-0.3, -0.25) is 0 Å². The lowest BCUT2D eigenvalue weighted by Gasteiger charge is -2.05. The van der Waals surface area contributed by atoms with E-state index in [2.05, 4.69) is 19.1 Å². The van der Waals surface area contributed by atoms with Crippen LogP contribution in [0.2, 0.25) is 0 Å². The van der Waals surface area contributed by atoms with Gasteiger partial charge in [-0.15, -0.1) is 23.2 Å². The van der Waals surface area contributed by atoms with E-state index in [0.29, 0.717) is 6.10 Å². The molecule has 1 nitrogen and oxygen atoms in total. The van der Waals surface area contributed by atoms with E-state index in [9.17, 15) is 0 Å². The van der Waals surface area contributed by atoms with Crippen LogP contribution in [0.15, 0.2) is 24.3 Å². The lowest BCUT2D eigenvalue weighted by Crippen LogP contribution is -2.10. The molecular formula is C11H14Cl2O. The Balaban J connectivity index is 0.000000293. The molecule has 0 spiro atoms. The maximum atomic E-state index is 5.66. The second-order valence-corrected chi connectivity index (χ2v) is 3.87. The minimum absolute atomic E-state index is 0.194. The molecule has 0 amide bonds. The van der Waals surface area contributed by atoms with Crippen LogP contribution in [0, 0.1) is 0 Å². The molecule has 1 aromatic carbocycles. The standard InChI is InChI=1S/C10H12O.CH2Cl2/c1-2-9-7-8-5-3-4-6-10(8)11-9;2-1-3/h3-6,9H,2,7H2,1H3;1H2. The van der Waals surface area contributed by atoms with Gasteiger partial charge in [0.15, 0.2) is 0 Å². The maximum Gasteiger partial charge on any atom is 0.123 e. The van der Waals surface area contributed by atoms with Crippen LogP contribution >= 0.6 is 23.2 Å². The van der Waals surface area contributed by atoms with Gasteiger partial charge in [-0.1, -0.05) is 25.1 Å². The van der Waals surface area contributed by atoms with Crippen molar-refractivity contribution in [1.82, 2.24) is 0 Å². The normalized spacial score (nSPS) is 17.8. The van der Waals surface area contributed by atoms with E-state index < -0.39 is 0 Å². The Kier molecular flexibility index (Phi) is 5.13. The number of para-hydroxylation sites is 1. The van der Waals surface area contributed by atoms with E-state index in [0.717, 1.165) is 18.6 Å². The van der Waals surface area contributed by atoms with E-state index >= 15 is 0 Å². The smallest absolute Gasteiger partial charge is 0.123 e. The third kappa shape index (κ3) is 3.07. The lowest BCUT2D eigenvalue weighted by molar-refractivity contribution is 0.228. The fraction of sp³-hybridized carbons (Fsp3) is 0.455. The van der Waals surface area contributed by atoms with Crippen molar-refractivity contribution in [3.05, 3.63) is 29.8 Å². The highest BCUT2D eigenvalue weighted by Crippen LogP contribution is 2.28. The third-order valence-electron chi connectivity index (χ3n) is 2.17. The van der Waals surface area contributed by atoms with Gasteiger partial charge >= 0.3 is 0 Å². The molecule has 0 saturated carbocycles. The SMILES string of the molecule is CCC1Cc2ccccc2O1.ClCCl. The maximum absolute atomic E-state index is 5.66. The van der Waals surface area contributed by atoms with Gasteiger partial charge in [-0.2, -0.15) is 0 Å². The average Bonchev–Trinajstić information content (AvgIpc) is 2.61. The summed E-state index contributed by atoms with van der Waals surface area (Å²) in [6.07, 6.45) is 2.62. The van der Waals surface area contributed by atoms with Crippen molar-refractivity contribution in [3.8, 4) is 5.75 Å². The molecule has 0 aromatic heterocycles. The fourth-order valence-electron chi connectivity index (χ4n) is 1.48. The van der Waals surface area contributed by atoms with Crippen molar-refractivity contribution in [1.29, 1.82) is 0 Å². The van der Waals surface area contributed by atoms with E-state index in [1.165, 1.54) is 5.56 Å². The number of alkyl halides is 2. The first-order valence-electron chi connectivity index (χ1n) is 4.68. The van der Waals surface area contributed by atoms with Gasteiger partial charge in [0.1, 0.15) is 11.9 Å². The quantitative estimate of drug-likeness (QED) is 0.670. The second-order valence-electron chi connectivity index (χ2n) is 3.06. The first-order chi connectivity index (χ1) is 6.81. The van der Waals surface area contributed by atoms with E-state index in [-0.39, 0.29) is 5.34 Å². The van der Waals surface area contributed by atoms with Crippen molar-refractivity contribution in [2.24, 2.45) is 0 Å². The summed E-state index contributed by atoms with van der Waals surface area (Å²) in [5.41, 5.74) is 1.36. The lowest BCUT2D eigenvalue weighted by atomic mass is 10.1. The molecule has 3 heteroatoms. The molecule has 0 aliphatic carbocycles. The van der Waals surface area contributed by atoms with Gasteiger partial charge < -0.3 is 4.74 Å². The van der Waals surface area contributed by atoms with Gasteiger partial charge in [-0.05, 0) is 18.1 Å². The number of halogens is 2. The fourth-order valence-corrected chi connectivity index (χ4v) is 1.48. The average molecular weight is 233 g/mol. The summed E-state index contributed by atoms with van der Waals surface area (Å²) in [4.78, 5) is 0. The van der Waals surface area contributed by atoms with Crippen molar-refractivity contribution >= 4 is 23.2 Å². The summed E-state index contributed by atoms with van der Waals surface area (Å²) >= 11 is 9.53. The molecule has 0 fully saturated rings. The number of rotatable bonds is 1. The molecule has 1 atom stereocenters. The molecule has 1 aromatic rings. The Morgan fingerprint density at radius 2 is 2.00 bits per heavy atom. The van der Waals surface area contributed by atoms with Crippen LogP contribution in [-0.2, 0) is 6.42 Å². The summed E-state index contributed by atoms with van der Waals surface area (Å²) in [6.45, 7) is 2.16. The largest absolute Gasteiger partial charge is 0.490 e. The summed E-state index contributed by atoms with van der Waals surface area (Å²) in [5, 5.41) is 0.194. The van der Waals surface area contributed by atoms with Gasteiger partial charge in [0.25, 0.3) is 0 Å². The Hall–Kier alpha value is -0.400. The Morgan fingerprint density at radius 1 is 1.36 bits per heavy atom. The van der Waals surface area contributed by atoms with Crippen LogP contribution in [0.4, 0.5) is 0 Å². The zero-order valence-electron chi connectivity index (χ0n) is 8.17. The van der Waals surface area contributed by atoms with Crippen LogP contribution in [0.25, 0.3) is 0 Å². The predicted molar refractivity (Wildman–Crippen MR) is 61.4 cm³/mol. The molecule has 0 bridgehead atoms. The van der Waals surface area contributed by atoms with E-state index in [1.807, 2.05) is 12.1 Å². The van der Waals surface area contributed by atoms with Crippen molar-refractivity contribution in [3.63, 3.8) is 0 Å². The van der Waals surface area contributed by atoms with Crippen molar-refractivity contribution in [2.75, 3.05) is 5.34 Å². The van der Waals surface area contributed by atoms with Crippen LogP contribution in [0.5, 0.6) is 5.75 Å². The zero-order valence-corrected chi connectivity index (χ0v) is 9.68. The van der Waals surface area contributed by atoms with E-state index in [4.69, 9.17) is 27.9 Å². The number of hydrogen-bond donors (Lipinski definition) is 0. The van der Waals surface area contributed by atoms with Crippen LogP contribution in [0.3, 0.4) is 0 Å². The number of ether oxygens (including phenoxy) is 1.